The van der Waals surface area contributed by atoms with Crippen LogP contribution in [0.4, 0.5) is 5.69 Å². The third-order valence-corrected chi connectivity index (χ3v) is 4.70. The summed E-state index contributed by atoms with van der Waals surface area (Å²) in [7, 11) is 3.75. The maximum absolute atomic E-state index is 6.49. The molecule has 4 heteroatoms. The van der Waals surface area contributed by atoms with Gasteiger partial charge in [0.25, 0.3) is 0 Å². The number of ether oxygens (including phenoxy) is 1. The lowest BCUT2D eigenvalue weighted by atomic mass is 9.94. The first-order chi connectivity index (χ1) is 9.49. The number of anilines is 1. The first kappa shape index (κ1) is 15.6. The lowest BCUT2D eigenvalue weighted by molar-refractivity contribution is -0.00464. The second kappa shape index (κ2) is 6.33. The van der Waals surface area contributed by atoms with Crippen LogP contribution in [0.3, 0.4) is 0 Å². The minimum Gasteiger partial charge on any atom is -0.377 e. The first-order valence-corrected chi connectivity index (χ1v) is 7.64. The Bertz CT molecular complexity index is 466. The van der Waals surface area contributed by atoms with Crippen LogP contribution in [0.2, 0.25) is 5.02 Å². The molecule has 3 nitrogen and oxygen atoms in total. The number of methoxy groups -OCH3 is 1. The molecule has 1 aliphatic heterocycles. The standard InChI is InChI=1S/C16H25ClN2O/c1-12(18-3)13-6-7-15(14(17)10-13)19-9-5-8-16(2,11-19)20-4/h6-7,10,12,18H,5,8-9,11H2,1-4H3. The molecule has 2 unspecified atom stereocenters. The summed E-state index contributed by atoms with van der Waals surface area (Å²) in [6.07, 6.45) is 2.24. The number of halogens is 1. The number of benzene rings is 1. The summed E-state index contributed by atoms with van der Waals surface area (Å²) < 4.78 is 5.65. The lowest BCUT2D eigenvalue weighted by Crippen LogP contribution is -2.47. The fraction of sp³-hybridized carbons (Fsp3) is 0.625. The third-order valence-electron chi connectivity index (χ3n) is 4.40. The van der Waals surface area contributed by atoms with E-state index in [0.29, 0.717) is 6.04 Å². The zero-order chi connectivity index (χ0) is 14.8. The highest BCUT2D eigenvalue weighted by Gasteiger charge is 2.31. The predicted molar refractivity (Wildman–Crippen MR) is 85.8 cm³/mol. The molecule has 0 saturated carbocycles. The second-order valence-electron chi connectivity index (χ2n) is 5.90. The highest BCUT2D eigenvalue weighted by atomic mass is 35.5. The van der Waals surface area contributed by atoms with E-state index in [4.69, 9.17) is 16.3 Å². The van der Waals surface area contributed by atoms with Crippen molar-refractivity contribution in [3.05, 3.63) is 28.8 Å². The molecule has 2 atom stereocenters. The van der Waals surface area contributed by atoms with E-state index >= 15 is 0 Å². The van der Waals surface area contributed by atoms with E-state index in [1.807, 2.05) is 7.05 Å². The maximum atomic E-state index is 6.49. The normalized spacial score (nSPS) is 24.8. The topological polar surface area (TPSA) is 24.5 Å². The van der Waals surface area contributed by atoms with Crippen LogP contribution in [0.5, 0.6) is 0 Å². The molecule has 2 rings (SSSR count). The van der Waals surface area contributed by atoms with Gasteiger partial charge in [-0.05, 0) is 51.4 Å². The van der Waals surface area contributed by atoms with E-state index in [2.05, 4.69) is 42.3 Å². The minimum absolute atomic E-state index is 0.0709. The molecule has 0 spiro atoms. The van der Waals surface area contributed by atoms with E-state index in [1.54, 1.807) is 7.11 Å². The fourth-order valence-electron chi connectivity index (χ4n) is 2.79. The van der Waals surface area contributed by atoms with Crippen molar-refractivity contribution in [1.29, 1.82) is 0 Å². The molecule has 20 heavy (non-hydrogen) atoms. The molecular formula is C16H25ClN2O. The highest BCUT2D eigenvalue weighted by Crippen LogP contribution is 2.33. The molecule has 1 heterocycles. The van der Waals surface area contributed by atoms with Gasteiger partial charge in [0.1, 0.15) is 0 Å². The Morgan fingerprint density at radius 2 is 2.20 bits per heavy atom. The van der Waals surface area contributed by atoms with Gasteiger partial charge in [0.15, 0.2) is 0 Å². The van der Waals surface area contributed by atoms with Gasteiger partial charge < -0.3 is 15.0 Å². The molecule has 1 aromatic carbocycles. The monoisotopic (exact) mass is 296 g/mol. The van der Waals surface area contributed by atoms with Crippen molar-refractivity contribution in [2.75, 3.05) is 32.1 Å². The molecule has 1 fully saturated rings. The number of nitrogens with one attached hydrogen (secondary N) is 1. The van der Waals surface area contributed by atoms with Crippen LogP contribution in [-0.2, 0) is 4.74 Å². The van der Waals surface area contributed by atoms with Crippen LogP contribution in [0.15, 0.2) is 18.2 Å². The fourth-order valence-corrected chi connectivity index (χ4v) is 3.10. The average molecular weight is 297 g/mol. The van der Waals surface area contributed by atoms with E-state index in [9.17, 15) is 0 Å². The van der Waals surface area contributed by atoms with Crippen LogP contribution < -0.4 is 10.2 Å². The number of piperidine rings is 1. The highest BCUT2D eigenvalue weighted by molar-refractivity contribution is 6.33. The quantitative estimate of drug-likeness (QED) is 0.918. The summed E-state index contributed by atoms with van der Waals surface area (Å²) in [5.41, 5.74) is 2.26. The molecule has 1 saturated heterocycles. The summed E-state index contributed by atoms with van der Waals surface area (Å²) in [5, 5.41) is 4.06. The molecule has 0 aromatic heterocycles. The molecule has 112 valence electrons. The summed E-state index contributed by atoms with van der Waals surface area (Å²) in [4.78, 5) is 2.34. The van der Waals surface area contributed by atoms with E-state index in [1.165, 1.54) is 5.56 Å². The molecular weight excluding hydrogens is 272 g/mol. The van der Waals surface area contributed by atoms with Crippen LogP contribution in [0.1, 0.15) is 38.3 Å². The number of hydrogen-bond acceptors (Lipinski definition) is 3. The van der Waals surface area contributed by atoms with Gasteiger partial charge in [-0.2, -0.15) is 0 Å². The van der Waals surface area contributed by atoms with Gasteiger partial charge >= 0.3 is 0 Å². The zero-order valence-corrected chi connectivity index (χ0v) is 13.6. The molecule has 1 aromatic rings. The summed E-state index contributed by atoms with van der Waals surface area (Å²) in [6.45, 7) is 6.24. The molecule has 0 amide bonds. The summed E-state index contributed by atoms with van der Waals surface area (Å²) in [6, 6.07) is 6.66. The van der Waals surface area contributed by atoms with Crippen molar-refractivity contribution in [2.24, 2.45) is 0 Å². The largest absolute Gasteiger partial charge is 0.377 e. The van der Waals surface area contributed by atoms with Crippen LogP contribution in [0.25, 0.3) is 0 Å². The van der Waals surface area contributed by atoms with Crippen LogP contribution in [-0.4, -0.2) is 32.8 Å². The molecule has 0 aliphatic carbocycles. The summed E-state index contributed by atoms with van der Waals surface area (Å²) >= 11 is 6.49. The van der Waals surface area contributed by atoms with Gasteiger partial charge in [-0.1, -0.05) is 17.7 Å². The Kier molecular flexibility index (Phi) is 4.95. The van der Waals surface area contributed by atoms with Crippen molar-refractivity contribution in [2.45, 2.75) is 38.3 Å². The second-order valence-corrected chi connectivity index (χ2v) is 6.31. The molecule has 0 radical (unpaired) electrons. The average Bonchev–Trinajstić information content (AvgIpc) is 2.46. The molecule has 1 N–H and O–H groups in total. The minimum atomic E-state index is -0.0709. The number of rotatable bonds is 4. The van der Waals surface area contributed by atoms with E-state index < -0.39 is 0 Å². The van der Waals surface area contributed by atoms with Gasteiger partial charge in [-0.3, -0.25) is 0 Å². The third kappa shape index (κ3) is 3.27. The van der Waals surface area contributed by atoms with Crippen LogP contribution >= 0.6 is 11.6 Å². The molecule has 1 aliphatic rings. The van der Waals surface area contributed by atoms with Gasteiger partial charge in [-0.15, -0.1) is 0 Å². The number of hydrogen-bond donors (Lipinski definition) is 1. The van der Waals surface area contributed by atoms with Gasteiger partial charge in [0.05, 0.1) is 16.3 Å². The smallest absolute Gasteiger partial charge is 0.0825 e. The first-order valence-electron chi connectivity index (χ1n) is 7.26. The van der Waals surface area contributed by atoms with Crippen molar-refractivity contribution in [3.8, 4) is 0 Å². The van der Waals surface area contributed by atoms with Crippen molar-refractivity contribution in [1.82, 2.24) is 5.32 Å². The Morgan fingerprint density at radius 1 is 1.45 bits per heavy atom. The van der Waals surface area contributed by atoms with E-state index in [-0.39, 0.29) is 5.60 Å². The van der Waals surface area contributed by atoms with Crippen molar-refractivity contribution in [3.63, 3.8) is 0 Å². The Morgan fingerprint density at radius 3 is 2.80 bits per heavy atom. The predicted octanol–water partition coefficient (Wildman–Crippen LogP) is 3.63. The van der Waals surface area contributed by atoms with E-state index in [0.717, 1.165) is 36.6 Å². The number of nitrogens with zero attached hydrogens (tertiary/aromatic N) is 1. The SMILES string of the molecule is CNC(C)c1ccc(N2CCCC(C)(OC)C2)c(Cl)c1. The Balaban J connectivity index is 2.20. The molecule has 0 bridgehead atoms. The van der Waals surface area contributed by atoms with Crippen molar-refractivity contribution >= 4 is 17.3 Å². The maximum Gasteiger partial charge on any atom is 0.0825 e. The lowest BCUT2D eigenvalue weighted by Gasteiger charge is -2.41. The van der Waals surface area contributed by atoms with Gasteiger partial charge in [-0.25, -0.2) is 0 Å². The van der Waals surface area contributed by atoms with Gasteiger partial charge in [0.2, 0.25) is 0 Å². The Labute approximate surface area is 127 Å². The van der Waals surface area contributed by atoms with Gasteiger partial charge in [0, 0.05) is 26.2 Å². The summed E-state index contributed by atoms with van der Waals surface area (Å²) in [5.74, 6) is 0. The zero-order valence-electron chi connectivity index (χ0n) is 12.9. The Hall–Kier alpha value is -0.770. The van der Waals surface area contributed by atoms with Crippen LogP contribution in [0, 0.1) is 0 Å². The van der Waals surface area contributed by atoms with Crippen molar-refractivity contribution < 1.29 is 4.74 Å².